The summed E-state index contributed by atoms with van der Waals surface area (Å²) in [7, 11) is 2.88. The second-order valence-corrected chi connectivity index (χ2v) is 5.09. The molecule has 0 aromatic heterocycles. The summed E-state index contributed by atoms with van der Waals surface area (Å²) >= 11 is 0. The quantitative estimate of drug-likeness (QED) is 0.336. The minimum atomic E-state index is -0.572. The van der Waals surface area contributed by atoms with Crippen LogP contribution in [0.3, 0.4) is 0 Å². The molecule has 1 N–H and O–H groups in total. The molecule has 0 saturated carbocycles. The van der Waals surface area contributed by atoms with Gasteiger partial charge in [-0.05, 0) is 35.9 Å². The van der Waals surface area contributed by atoms with Crippen LogP contribution < -0.4 is 14.8 Å². The fourth-order valence-corrected chi connectivity index (χ4v) is 2.07. The average Bonchev–Trinajstić information content (AvgIpc) is 2.65. The van der Waals surface area contributed by atoms with Gasteiger partial charge in [0.15, 0.2) is 12.5 Å². The lowest BCUT2D eigenvalue weighted by atomic mass is 10.2. The van der Waals surface area contributed by atoms with E-state index >= 15 is 0 Å². The third-order valence-electron chi connectivity index (χ3n) is 3.29. The molecule has 0 atom stereocenters. The van der Waals surface area contributed by atoms with Gasteiger partial charge in [-0.1, -0.05) is 12.1 Å². The zero-order chi connectivity index (χ0) is 18.9. The Morgan fingerprint density at radius 3 is 2.54 bits per heavy atom. The number of nitro benzene ring substituents is 1. The number of nitrogens with zero attached hydrogens (tertiary/aromatic N) is 1. The van der Waals surface area contributed by atoms with Crippen LogP contribution in [0.15, 0.2) is 48.5 Å². The van der Waals surface area contributed by atoms with Gasteiger partial charge in [0.05, 0.1) is 12.0 Å². The predicted octanol–water partition coefficient (Wildman–Crippen LogP) is 3.24. The molecule has 2 rings (SSSR count). The number of hydrogen-bond donors (Lipinski definition) is 1. The third kappa shape index (κ3) is 5.32. The van der Waals surface area contributed by atoms with Gasteiger partial charge in [0.2, 0.25) is 5.91 Å². The lowest BCUT2D eigenvalue weighted by Crippen LogP contribution is -2.08. The first kappa shape index (κ1) is 18.9. The first-order chi connectivity index (χ1) is 12.5. The van der Waals surface area contributed by atoms with Crippen molar-refractivity contribution >= 4 is 23.4 Å². The number of carbonyl (C=O) groups excluding carboxylic acids is 1. The summed E-state index contributed by atoms with van der Waals surface area (Å²) in [4.78, 5) is 22.4. The molecule has 0 heterocycles. The minimum Gasteiger partial charge on any atom is -0.490 e. The Bertz CT molecular complexity index is 802. The summed E-state index contributed by atoms with van der Waals surface area (Å²) in [6.07, 6.45) is 2.95. The molecule has 26 heavy (non-hydrogen) atoms. The second-order valence-electron chi connectivity index (χ2n) is 5.09. The number of nitro groups is 1. The molecule has 2 aromatic rings. The molecule has 136 valence electrons. The van der Waals surface area contributed by atoms with Crippen molar-refractivity contribution in [2.24, 2.45) is 0 Å². The summed E-state index contributed by atoms with van der Waals surface area (Å²) in [6, 6.07) is 11.3. The van der Waals surface area contributed by atoms with E-state index in [1.807, 2.05) is 0 Å². The van der Waals surface area contributed by atoms with Crippen LogP contribution in [0.4, 0.5) is 11.4 Å². The largest absolute Gasteiger partial charge is 0.490 e. The highest BCUT2D eigenvalue weighted by Gasteiger charge is 2.15. The van der Waals surface area contributed by atoms with Crippen LogP contribution in [0.25, 0.3) is 6.08 Å². The lowest BCUT2D eigenvalue weighted by Gasteiger charge is -2.05. The van der Waals surface area contributed by atoms with E-state index in [4.69, 9.17) is 14.2 Å². The SMILES string of the molecule is COCOc1ccc(/C=C/C(=O)Nc2ccc(OC)c([N+](=O)[O-])c2)cc1. The maximum Gasteiger partial charge on any atom is 0.312 e. The van der Waals surface area contributed by atoms with Crippen molar-refractivity contribution < 1.29 is 23.9 Å². The van der Waals surface area contributed by atoms with Crippen molar-refractivity contribution in [3.05, 3.63) is 64.2 Å². The Kier molecular flexibility index (Phi) is 6.69. The van der Waals surface area contributed by atoms with Gasteiger partial charge in [-0.2, -0.15) is 0 Å². The highest BCUT2D eigenvalue weighted by molar-refractivity contribution is 6.02. The topological polar surface area (TPSA) is 99.9 Å². The highest BCUT2D eigenvalue weighted by Crippen LogP contribution is 2.29. The Balaban J connectivity index is 2.00. The standard InChI is InChI=1S/C18H18N2O6/c1-24-12-26-15-7-3-13(4-8-15)5-10-18(21)19-14-6-9-17(25-2)16(11-14)20(22)23/h3-11H,12H2,1-2H3,(H,19,21)/b10-5+. The van der Waals surface area contributed by atoms with Crippen LogP contribution in [0, 0.1) is 10.1 Å². The van der Waals surface area contributed by atoms with Gasteiger partial charge in [0, 0.05) is 24.9 Å². The normalized spacial score (nSPS) is 10.5. The summed E-state index contributed by atoms with van der Waals surface area (Å²) in [5, 5.41) is 13.6. The number of ether oxygens (including phenoxy) is 3. The van der Waals surface area contributed by atoms with E-state index in [0.29, 0.717) is 11.4 Å². The Labute approximate surface area is 150 Å². The Morgan fingerprint density at radius 1 is 1.19 bits per heavy atom. The maximum absolute atomic E-state index is 12.0. The highest BCUT2D eigenvalue weighted by atomic mass is 16.7. The molecule has 0 spiro atoms. The molecule has 8 heteroatoms. The summed E-state index contributed by atoms with van der Waals surface area (Å²) < 4.78 is 15.0. The van der Waals surface area contributed by atoms with Crippen LogP contribution in [0.2, 0.25) is 0 Å². The van der Waals surface area contributed by atoms with Gasteiger partial charge in [-0.3, -0.25) is 14.9 Å². The molecule has 0 saturated heterocycles. The molecular formula is C18H18N2O6. The first-order valence-corrected chi connectivity index (χ1v) is 7.57. The zero-order valence-electron chi connectivity index (χ0n) is 14.3. The number of hydrogen-bond acceptors (Lipinski definition) is 6. The maximum atomic E-state index is 12.0. The smallest absolute Gasteiger partial charge is 0.312 e. The van der Waals surface area contributed by atoms with Crippen LogP contribution in [0.1, 0.15) is 5.56 Å². The molecule has 0 bridgehead atoms. The van der Waals surface area contributed by atoms with Gasteiger partial charge >= 0.3 is 5.69 Å². The summed E-state index contributed by atoms with van der Waals surface area (Å²) in [5.41, 5.74) is 0.877. The summed E-state index contributed by atoms with van der Waals surface area (Å²) in [6.45, 7) is 0.158. The first-order valence-electron chi connectivity index (χ1n) is 7.57. The third-order valence-corrected chi connectivity index (χ3v) is 3.29. The number of rotatable bonds is 8. The number of methoxy groups -OCH3 is 2. The molecule has 0 aliphatic heterocycles. The second kappa shape index (κ2) is 9.19. The van der Waals surface area contributed by atoms with Gasteiger partial charge < -0.3 is 19.5 Å². The number of benzene rings is 2. The molecule has 0 fully saturated rings. The van der Waals surface area contributed by atoms with E-state index in [-0.39, 0.29) is 18.2 Å². The van der Waals surface area contributed by atoms with Crippen molar-refractivity contribution in [3.63, 3.8) is 0 Å². The van der Waals surface area contributed by atoms with Crippen LogP contribution >= 0.6 is 0 Å². The average molecular weight is 358 g/mol. The van der Waals surface area contributed by atoms with E-state index in [1.165, 1.54) is 38.5 Å². The summed E-state index contributed by atoms with van der Waals surface area (Å²) in [5.74, 6) is 0.363. The van der Waals surface area contributed by atoms with Crippen LogP contribution in [-0.4, -0.2) is 31.8 Å². The molecule has 0 radical (unpaired) electrons. The minimum absolute atomic E-state index is 0.124. The molecule has 8 nitrogen and oxygen atoms in total. The molecule has 2 aromatic carbocycles. The fraction of sp³-hybridized carbons (Fsp3) is 0.167. The molecule has 0 aliphatic rings. The fourth-order valence-electron chi connectivity index (χ4n) is 2.07. The predicted molar refractivity (Wildman–Crippen MR) is 96.3 cm³/mol. The van der Waals surface area contributed by atoms with E-state index in [1.54, 1.807) is 30.3 Å². The number of amides is 1. The van der Waals surface area contributed by atoms with E-state index in [0.717, 1.165) is 5.56 Å². The van der Waals surface area contributed by atoms with Crippen molar-refractivity contribution in [1.82, 2.24) is 0 Å². The Morgan fingerprint density at radius 2 is 1.92 bits per heavy atom. The monoisotopic (exact) mass is 358 g/mol. The number of nitrogens with one attached hydrogen (secondary N) is 1. The van der Waals surface area contributed by atoms with Gasteiger partial charge in [0.25, 0.3) is 0 Å². The van der Waals surface area contributed by atoms with Gasteiger partial charge in [0.1, 0.15) is 5.75 Å². The Hall–Kier alpha value is -3.39. The van der Waals surface area contributed by atoms with Crippen molar-refractivity contribution in [3.8, 4) is 11.5 Å². The molecule has 0 aliphatic carbocycles. The van der Waals surface area contributed by atoms with Crippen molar-refractivity contribution in [2.75, 3.05) is 26.3 Å². The van der Waals surface area contributed by atoms with Crippen LogP contribution in [-0.2, 0) is 9.53 Å². The van der Waals surface area contributed by atoms with E-state index < -0.39 is 10.8 Å². The lowest BCUT2D eigenvalue weighted by molar-refractivity contribution is -0.385. The number of carbonyl (C=O) groups is 1. The van der Waals surface area contributed by atoms with Gasteiger partial charge in [-0.15, -0.1) is 0 Å². The van der Waals surface area contributed by atoms with Gasteiger partial charge in [-0.25, -0.2) is 0 Å². The number of anilines is 1. The molecule has 1 amide bonds. The molecule has 0 unspecified atom stereocenters. The van der Waals surface area contributed by atoms with E-state index in [9.17, 15) is 14.9 Å². The van der Waals surface area contributed by atoms with Crippen molar-refractivity contribution in [2.45, 2.75) is 0 Å². The van der Waals surface area contributed by atoms with Crippen LogP contribution in [0.5, 0.6) is 11.5 Å². The van der Waals surface area contributed by atoms with Crippen molar-refractivity contribution in [1.29, 1.82) is 0 Å². The van der Waals surface area contributed by atoms with E-state index in [2.05, 4.69) is 5.32 Å². The molecular weight excluding hydrogens is 340 g/mol. The zero-order valence-corrected chi connectivity index (χ0v) is 14.3.